The molecule has 3 fully saturated rings. The lowest BCUT2D eigenvalue weighted by molar-refractivity contribution is -0.142. The fraction of sp³-hybridized carbons (Fsp3) is 0.889. The molecule has 3 rings (SSSR count). The zero-order valence-electron chi connectivity index (χ0n) is 6.45. The normalized spacial score (nSPS) is 52.9. The van der Waals surface area contributed by atoms with E-state index >= 15 is 0 Å². The molecule has 60 valence electrons. The summed E-state index contributed by atoms with van der Waals surface area (Å²) in [5.41, 5.74) is 0. The smallest absolute Gasteiger partial charge is 0.309 e. The standard InChI is InChI=1S/C9H12O2/c10-9-8-6-2-1-5(3-6)7(8)4-11-9/h5-8H,1-4H2/t5?,6?,7-,8+/m0/s1. The Labute approximate surface area is 65.9 Å². The Bertz CT molecular complexity index is 212. The third-order valence-electron chi connectivity index (χ3n) is 3.78. The van der Waals surface area contributed by atoms with E-state index < -0.39 is 0 Å². The molecule has 0 N–H and O–H groups in total. The summed E-state index contributed by atoms with van der Waals surface area (Å²) in [6, 6.07) is 0. The van der Waals surface area contributed by atoms with Crippen LogP contribution in [0.4, 0.5) is 0 Å². The molecule has 2 unspecified atom stereocenters. The molecule has 0 radical (unpaired) electrons. The maximum atomic E-state index is 11.2. The van der Waals surface area contributed by atoms with E-state index in [1.807, 2.05) is 0 Å². The predicted molar refractivity (Wildman–Crippen MR) is 38.8 cm³/mol. The minimum Gasteiger partial charge on any atom is -0.465 e. The van der Waals surface area contributed by atoms with Crippen LogP contribution in [0.1, 0.15) is 19.3 Å². The molecule has 0 aromatic heterocycles. The van der Waals surface area contributed by atoms with E-state index in [0.29, 0.717) is 17.8 Å². The van der Waals surface area contributed by atoms with Crippen molar-refractivity contribution in [2.24, 2.45) is 23.7 Å². The molecule has 0 aromatic carbocycles. The molecule has 3 aliphatic rings. The number of carbonyl (C=O) groups is 1. The maximum Gasteiger partial charge on any atom is 0.309 e. The number of rotatable bonds is 0. The zero-order chi connectivity index (χ0) is 7.42. The van der Waals surface area contributed by atoms with Gasteiger partial charge in [0, 0.05) is 5.92 Å². The van der Waals surface area contributed by atoms with Crippen molar-refractivity contribution >= 4 is 5.97 Å². The maximum absolute atomic E-state index is 11.2. The van der Waals surface area contributed by atoms with Gasteiger partial charge < -0.3 is 4.74 Å². The van der Waals surface area contributed by atoms with Crippen molar-refractivity contribution in [3.05, 3.63) is 0 Å². The lowest BCUT2D eigenvalue weighted by atomic mass is 9.81. The molecule has 11 heavy (non-hydrogen) atoms. The first-order valence-corrected chi connectivity index (χ1v) is 4.53. The average Bonchev–Trinajstić information content (AvgIpc) is 2.60. The minimum atomic E-state index is 0.0993. The van der Waals surface area contributed by atoms with Crippen molar-refractivity contribution in [2.45, 2.75) is 19.3 Å². The molecule has 1 aliphatic heterocycles. The number of esters is 1. The molecule has 0 aromatic rings. The number of hydrogen-bond donors (Lipinski definition) is 0. The summed E-state index contributed by atoms with van der Waals surface area (Å²) in [6.07, 6.45) is 3.94. The van der Waals surface area contributed by atoms with Crippen LogP contribution in [0.5, 0.6) is 0 Å². The Hall–Kier alpha value is -0.530. The molecule has 1 heterocycles. The highest BCUT2D eigenvalue weighted by molar-refractivity contribution is 5.75. The zero-order valence-corrected chi connectivity index (χ0v) is 6.45. The van der Waals surface area contributed by atoms with E-state index in [4.69, 9.17) is 4.74 Å². The first kappa shape index (κ1) is 6.04. The summed E-state index contributed by atoms with van der Waals surface area (Å²) < 4.78 is 5.06. The van der Waals surface area contributed by atoms with Gasteiger partial charge in [0.15, 0.2) is 0 Å². The molecule has 2 heteroatoms. The summed E-state index contributed by atoms with van der Waals surface area (Å²) in [5, 5.41) is 0. The molecule has 2 nitrogen and oxygen atoms in total. The molecule has 4 atom stereocenters. The lowest BCUT2D eigenvalue weighted by Gasteiger charge is -2.19. The van der Waals surface area contributed by atoms with Gasteiger partial charge in [0.05, 0.1) is 12.5 Å². The van der Waals surface area contributed by atoms with Crippen LogP contribution in [0.15, 0.2) is 0 Å². The first-order chi connectivity index (χ1) is 5.36. The van der Waals surface area contributed by atoms with E-state index in [-0.39, 0.29) is 5.97 Å². The summed E-state index contributed by atoms with van der Waals surface area (Å²) in [6.45, 7) is 0.727. The van der Waals surface area contributed by atoms with Crippen LogP contribution >= 0.6 is 0 Å². The number of carbonyl (C=O) groups excluding carboxylic acids is 1. The van der Waals surface area contributed by atoms with Gasteiger partial charge >= 0.3 is 5.97 Å². The molecule has 0 spiro atoms. The number of cyclic esters (lactones) is 1. The first-order valence-electron chi connectivity index (χ1n) is 4.53. The second-order valence-electron chi connectivity index (χ2n) is 4.15. The van der Waals surface area contributed by atoms with Crippen LogP contribution in [-0.4, -0.2) is 12.6 Å². The highest BCUT2D eigenvalue weighted by Gasteiger charge is 2.54. The van der Waals surface area contributed by atoms with Crippen LogP contribution in [0.3, 0.4) is 0 Å². The van der Waals surface area contributed by atoms with Crippen LogP contribution in [-0.2, 0) is 9.53 Å². The largest absolute Gasteiger partial charge is 0.465 e. The summed E-state index contributed by atoms with van der Waals surface area (Å²) in [4.78, 5) is 11.2. The van der Waals surface area contributed by atoms with Crippen LogP contribution in [0.2, 0.25) is 0 Å². The van der Waals surface area contributed by atoms with E-state index in [9.17, 15) is 4.79 Å². The van der Waals surface area contributed by atoms with Gasteiger partial charge in [-0.2, -0.15) is 0 Å². The van der Waals surface area contributed by atoms with Gasteiger partial charge in [-0.05, 0) is 31.1 Å². The Kier molecular flexibility index (Phi) is 0.984. The highest BCUT2D eigenvalue weighted by Crippen LogP contribution is 2.54. The summed E-state index contributed by atoms with van der Waals surface area (Å²) in [5.74, 6) is 2.55. The van der Waals surface area contributed by atoms with Crippen molar-refractivity contribution in [1.29, 1.82) is 0 Å². The van der Waals surface area contributed by atoms with E-state index in [1.54, 1.807) is 0 Å². The minimum absolute atomic E-state index is 0.0993. The van der Waals surface area contributed by atoms with Crippen molar-refractivity contribution < 1.29 is 9.53 Å². The summed E-state index contributed by atoms with van der Waals surface area (Å²) in [7, 11) is 0. The monoisotopic (exact) mass is 152 g/mol. The second kappa shape index (κ2) is 1.79. The molecule has 1 saturated heterocycles. The van der Waals surface area contributed by atoms with Gasteiger partial charge in [0.25, 0.3) is 0 Å². The van der Waals surface area contributed by atoms with Crippen LogP contribution in [0, 0.1) is 23.7 Å². The Morgan fingerprint density at radius 2 is 2.09 bits per heavy atom. The molecular formula is C9H12O2. The number of hydrogen-bond acceptors (Lipinski definition) is 2. The quantitative estimate of drug-likeness (QED) is 0.487. The Balaban J connectivity index is 1.97. The van der Waals surface area contributed by atoms with Gasteiger partial charge in [-0.25, -0.2) is 0 Å². The lowest BCUT2D eigenvalue weighted by Crippen LogP contribution is -2.22. The Morgan fingerprint density at radius 3 is 2.91 bits per heavy atom. The van der Waals surface area contributed by atoms with E-state index in [0.717, 1.165) is 12.5 Å². The number of fused-ring (bicyclic) bond motifs is 5. The van der Waals surface area contributed by atoms with Gasteiger partial charge in [-0.3, -0.25) is 4.79 Å². The number of ether oxygens (including phenoxy) is 1. The molecule has 2 aliphatic carbocycles. The third kappa shape index (κ3) is 0.608. The van der Waals surface area contributed by atoms with Gasteiger partial charge in [0.1, 0.15) is 0 Å². The fourth-order valence-corrected chi connectivity index (χ4v) is 3.29. The van der Waals surface area contributed by atoms with Crippen molar-refractivity contribution in [2.75, 3.05) is 6.61 Å². The average molecular weight is 152 g/mol. The van der Waals surface area contributed by atoms with Crippen LogP contribution < -0.4 is 0 Å². The predicted octanol–water partition coefficient (Wildman–Crippen LogP) is 1.21. The molecular weight excluding hydrogens is 140 g/mol. The van der Waals surface area contributed by atoms with Crippen molar-refractivity contribution in [3.8, 4) is 0 Å². The molecule has 2 saturated carbocycles. The van der Waals surface area contributed by atoms with Gasteiger partial charge in [0.2, 0.25) is 0 Å². The Morgan fingerprint density at radius 1 is 1.27 bits per heavy atom. The highest BCUT2D eigenvalue weighted by atomic mass is 16.5. The van der Waals surface area contributed by atoms with E-state index in [2.05, 4.69) is 0 Å². The van der Waals surface area contributed by atoms with Crippen LogP contribution in [0.25, 0.3) is 0 Å². The third-order valence-corrected chi connectivity index (χ3v) is 3.78. The second-order valence-corrected chi connectivity index (χ2v) is 4.15. The van der Waals surface area contributed by atoms with Gasteiger partial charge in [-0.1, -0.05) is 0 Å². The van der Waals surface area contributed by atoms with E-state index in [1.165, 1.54) is 19.3 Å². The van der Waals surface area contributed by atoms with Crippen molar-refractivity contribution in [3.63, 3.8) is 0 Å². The molecule has 0 amide bonds. The summed E-state index contributed by atoms with van der Waals surface area (Å²) >= 11 is 0. The van der Waals surface area contributed by atoms with Crippen molar-refractivity contribution in [1.82, 2.24) is 0 Å². The van der Waals surface area contributed by atoms with Gasteiger partial charge in [-0.15, -0.1) is 0 Å². The fourth-order valence-electron chi connectivity index (χ4n) is 3.29. The SMILES string of the molecule is O=C1OC[C@H]2C3CCC(C3)[C@@H]12. The molecule has 2 bridgehead atoms. The topological polar surface area (TPSA) is 26.3 Å².